The third kappa shape index (κ3) is 39.4. The Morgan fingerprint density at radius 2 is 0.886 bits per heavy atom. The van der Waals surface area contributed by atoms with Gasteiger partial charge in [0.25, 0.3) is 0 Å². The van der Waals surface area contributed by atoms with Gasteiger partial charge in [0.15, 0.2) is 6.29 Å². The van der Waals surface area contributed by atoms with Crippen LogP contribution in [0, 0.1) is 0 Å². The zero-order chi connectivity index (χ0) is 50.8. The molecule has 408 valence electrons. The fraction of sp³-hybridized carbons (Fsp3) is 0.820. The third-order valence-electron chi connectivity index (χ3n) is 13.9. The van der Waals surface area contributed by atoms with Crippen LogP contribution in [0.3, 0.4) is 0 Å². The fourth-order valence-corrected chi connectivity index (χ4v) is 9.25. The Balaban J connectivity index is 2.21. The molecule has 1 amide bonds. The number of hydrogen-bond acceptors (Lipinski definition) is 8. The van der Waals surface area contributed by atoms with Crippen LogP contribution in [0.5, 0.6) is 0 Å². The Labute approximate surface area is 430 Å². The molecule has 1 fully saturated rings. The molecule has 9 nitrogen and oxygen atoms in total. The van der Waals surface area contributed by atoms with Crippen molar-refractivity contribution in [2.75, 3.05) is 13.2 Å². The predicted octanol–water partition coefficient (Wildman–Crippen LogP) is 14.7. The molecule has 0 spiro atoms. The van der Waals surface area contributed by atoms with Gasteiger partial charge in [0.2, 0.25) is 5.91 Å². The molecular formula is C61H111NO8. The lowest BCUT2D eigenvalue weighted by Gasteiger charge is -2.40. The molecule has 0 bridgehead atoms. The first-order chi connectivity index (χ1) is 34.3. The number of allylic oxidation sites excluding steroid dienone is 10. The lowest BCUT2D eigenvalue weighted by molar-refractivity contribution is -0.302. The topological polar surface area (TPSA) is 149 Å². The maximum Gasteiger partial charge on any atom is 0.220 e. The molecular weight excluding hydrogens is 875 g/mol. The van der Waals surface area contributed by atoms with E-state index in [1.807, 2.05) is 0 Å². The van der Waals surface area contributed by atoms with Crippen LogP contribution in [-0.4, -0.2) is 87.5 Å². The molecule has 0 aromatic carbocycles. The maximum atomic E-state index is 13.1. The summed E-state index contributed by atoms with van der Waals surface area (Å²) in [4.78, 5) is 13.1. The van der Waals surface area contributed by atoms with Crippen LogP contribution in [-0.2, 0) is 14.3 Å². The number of carbonyl (C=O) groups excluding carboxylic acids is 1. The Morgan fingerprint density at radius 1 is 0.500 bits per heavy atom. The smallest absolute Gasteiger partial charge is 0.220 e. The van der Waals surface area contributed by atoms with Crippen molar-refractivity contribution in [1.29, 1.82) is 0 Å². The second-order valence-corrected chi connectivity index (χ2v) is 20.4. The van der Waals surface area contributed by atoms with E-state index in [-0.39, 0.29) is 12.5 Å². The SMILES string of the molecule is CC/C=C\C/C=C\C/C=C\C/C=C\C/C=C\CCCCCCCC(=O)NC(COC1OC(CO)C(O)C(O)C1O)C(O)CCCCCCCCCCCCCCCCCCCCCCCCCCCC. The number of hydrogen-bond donors (Lipinski definition) is 6. The van der Waals surface area contributed by atoms with Crippen molar-refractivity contribution < 1.29 is 39.8 Å². The standard InChI is InChI=1S/C61H111NO8/c1-3-5-7-9-11-13-15-17-19-21-23-25-26-27-28-29-31-32-34-36-38-40-42-44-46-48-50-55(64)54(53-69-61-60(68)59(67)58(66)56(52-63)70-61)62-57(65)51-49-47-45-43-41-39-37-35-33-30-24-22-20-18-16-14-12-10-8-6-4-2/h6,8,12,14,18,20,24,30,35,37,54-56,58-61,63-64,66-68H,3-5,7,9-11,13,15-17,19,21-23,25-29,31-34,36,38-53H2,1-2H3,(H,62,65)/b8-6-,14-12-,20-18-,30-24-,37-35-. The molecule has 7 atom stereocenters. The minimum atomic E-state index is -1.56. The third-order valence-corrected chi connectivity index (χ3v) is 13.9. The van der Waals surface area contributed by atoms with Gasteiger partial charge in [0.05, 0.1) is 25.4 Å². The Morgan fingerprint density at radius 3 is 1.31 bits per heavy atom. The molecule has 1 saturated heterocycles. The van der Waals surface area contributed by atoms with Gasteiger partial charge in [-0.25, -0.2) is 0 Å². The van der Waals surface area contributed by atoms with E-state index in [0.717, 1.165) is 89.9 Å². The molecule has 0 aromatic heterocycles. The van der Waals surface area contributed by atoms with Gasteiger partial charge in [-0.15, -0.1) is 0 Å². The number of amides is 1. The van der Waals surface area contributed by atoms with Crippen LogP contribution >= 0.6 is 0 Å². The van der Waals surface area contributed by atoms with Crippen LogP contribution in [0.25, 0.3) is 0 Å². The second-order valence-electron chi connectivity index (χ2n) is 20.4. The zero-order valence-electron chi connectivity index (χ0n) is 45.3. The monoisotopic (exact) mass is 986 g/mol. The van der Waals surface area contributed by atoms with Crippen LogP contribution in [0.1, 0.15) is 264 Å². The summed E-state index contributed by atoms with van der Waals surface area (Å²) >= 11 is 0. The summed E-state index contributed by atoms with van der Waals surface area (Å²) in [6, 6.07) is -0.734. The van der Waals surface area contributed by atoms with Crippen molar-refractivity contribution in [3.8, 4) is 0 Å². The lowest BCUT2D eigenvalue weighted by atomic mass is 9.99. The highest BCUT2D eigenvalue weighted by Crippen LogP contribution is 2.23. The highest BCUT2D eigenvalue weighted by atomic mass is 16.7. The summed E-state index contributed by atoms with van der Waals surface area (Å²) in [7, 11) is 0. The molecule has 7 unspecified atom stereocenters. The van der Waals surface area contributed by atoms with Gasteiger partial charge in [0.1, 0.15) is 24.4 Å². The molecule has 0 saturated carbocycles. The fourth-order valence-electron chi connectivity index (χ4n) is 9.25. The van der Waals surface area contributed by atoms with Crippen molar-refractivity contribution in [3.05, 3.63) is 60.8 Å². The van der Waals surface area contributed by atoms with Gasteiger partial charge >= 0.3 is 0 Å². The molecule has 0 radical (unpaired) electrons. The summed E-state index contributed by atoms with van der Waals surface area (Å²) in [5.74, 6) is -0.162. The number of aliphatic hydroxyl groups excluding tert-OH is 5. The van der Waals surface area contributed by atoms with E-state index in [4.69, 9.17) is 9.47 Å². The predicted molar refractivity (Wildman–Crippen MR) is 295 cm³/mol. The van der Waals surface area contributed by atoms with Crippen molar-refractivity contribution in [2.24, 2.45) is 0 Å². The van der Waals surface area contributed by atoms with Gasteiger partial charge in [-0.1, -0.05) is 261 Å². The van der Waals surface area contributed by atoms with Crippen molar-refractivity contribution in [3.63, 3.8) is 0 Å². The summed E-state index contributed by atoms with van der Waals surface area (Å²) in [5, 5.41) is 54.7. The molecule has 1 aliphatic heterocycles. The van der Waals surface area contributed by atoms with E-state index in [0.29, 0.717) is 12.8 Å². The van der Waals surface area contributed by atoms with Gasteiger partial charge in [-0.05, 0) is 57.8 Å². The summed E-state index contributed by atoms with van der Waals surface area (Å²) in [6.07, 6.45) is 61.1. The van der Waals surface area contributed by atoms with E-state index in [2.05, 4.69) is 79.9 Å². The first-order valence-electron chi connectivity index (χ1n) is 29.5. The minimum absolute atomic E-state index is 0.148. The van der Waals surface area contributed by atoms with E-state index >= 15 is 0 Å². The molecule has 0 aliphatic carbocycles. The average Bonchev–Trinajstić information content (AvgIpc) is 3.36. The molecule has 1 heterocycles. The number of carbonyl (C=O) groups is 1. The van der Waals surface area contributed by atoms with Crippen molar-refractivity contribution in [2.45, 2.75) is 307 Å². The average molecular weight is 987 g/mol. The Hall–Kier alpha value is -2.11. The van der Waals surface area contributed by atoms with E-state index in [9.17, 15) is 30.3 Å². The molecule has 70 heavy (non-hydrogen) atoms. The van der Waals surface area contributed by atoms with Gasteiger partial charge in [-0.2, -0.15) is 0 Å². The maximum absolute atomic E-state index is 13.1. The van der Waals surface area contributed by atoms with Gasteiger partial charge < -0.3 is 40.3 Å². The van der Waals surface area contributed by atoms with Crippen LogP contribution in [0.15, 0.2) is 60.8 Å². The normalized spacial score (nSPS) is 19.8. The van der Waals surface area contributed by atoms with Crippen molar-refractivity contribution >= 4 is 5.91 Å². The van der Waals surface area contributed by atoms with E-state index in [1.165, 1.54) is 148 Å². The zero-order valence-corrected chi connectivity index (χ0v) is 45.3. The number of rotatable bonds is 50. The van der Waals surface area contributed by atoms with E-state index < -0.39 is 49.5 Å². The Bertz CT molecular complexity index is 1280. The first kappa shape index (κ1) is 65.9. The number of aliphatic hydroxyl groups is 5. The van der Waals surface area contributed by atoms with Crippen LogP contribution in [0.2, 0.25) is 0 Å². The Kier molecular flexibility index (Phi) is 47.5. The summed E-state index contributed by atoms with van der Waals surface area (Å²) in [6.45, 7) is 3.73. The molecule has 6 N–H and O–H groups in total. The summed E-state index contributed by atoms with van der Waals surface area (Å²) < 4.78 is 11.3. The van der Waals surface area contributed by atoms with E-state index in [1.54, 1.807) is 0 Å². The number of unbranched alkanes of at least 4 members (excludes halogenated alkanes) is 30. The molecule has 1 aliphatic rings. The molecule has 9 heteroatoms. The molecule has 0 aromatic rings. The minimum Gasteiger partial charge on any atom is -0.394 e. The molecule has 1 rings (SSSR count). The largest absolute Gasteiger partial charge is 0.394 e. The number of ether oxygens (including phenoxy) is 2. The highest BCUT2D eigenvalue weighted by molar-refractivity contribution is 5.76. The van der Waals surface area contributed by atoms with Crippen LogP contribution in [0.4, 0.5) is 0 Å². The summed E-state index contributed by atoms with van der Waals surface area (Å²) in [5.41, 5.74) is 0. The number of nitrogens with one attached hydrogen (secondary N) is 1. The van der Waals surface area contributed by atoms with Crippen molar-refractivity contribution in [1.82, 2.24) is 5.32 Å². The first-order valence-corrected chi connectivity index (χ1v) is 29.5. The highest BCUT2D eigenvalue weighted by Gasteiger charge is 2.44. The van der Waals surface area contributed by atoms with Gasteiger partial charge in [0, 0.05) is 6.42 Å². The second kappa shape index (κ2) is 50.4. The van der Waals surface area contributed by atoms with Gasteiger partial charge in [-0.3, -0.25) is 4.79 Å². The quantitative estimate of drug-likeness (QED) is 0.0261. The van der Waals surface area contributed by atoms with Crippen LogP contribution < -0.4 is 5.32 Å². The lowest BCUT2D eigenvalue weighted by Crippen LogP contribution is -2.60.